The van der Waals surface area contributed by atoms with Crippen LogP contribution in [0.15, 0.2) is 18.2 Å². The maximum absolute atomic E-state index is 13.7. The molecule has 0 aliphatic carbocycles. The van der Waals surface area contributed by atoms with Crippen LogP contribution >= 0.6 is 0 Å². The van der Waals surface area contributed by atoms with E-state index in [9.17, 15) is 14.0 Å². The molecular formula is C14H16FNO3. The molecule has 1 atom stereocenters. The lowest BCUT2D eigenvalue weighted by molar-refractivity contribution is -0.128. The molecule has 2 rings (SSSR count). The quantitative estimate of drug-likeness (QED) is 0.785. The SMILES string of the molecule is COC(=O)c1ccc(CN2CC(C)CC2=O)cc1F. The lowest BCUT2D eigenvalue weighted by Crippen LogP contribution is -2.24. The number of rotatable bonds is 3. The molecule has 0 spiro atoms. The van der Waals surface area contributed by atoms with Gasteiger partial charge in [0.15, 0.2) is 0 Å². The Morgan fingerprint density at radius 3 is 2.79 bits per heavy atom. The summed E-state index contributed by atoms with van der Waals surface area (Å²) in [4.78, 5) is 24.6. The van der Waals surface area contributed by atoms with Crippen LogP contribution in [0.1, 0.15) is 29.3 Å². The third kappa shape index (κ3) is 2.92. The van der Waals surface area contributed by atoms with Gasteiger partial charge in [-0.2, -0.15) is 0 Å². The van der Waals surface area contributed by atoms with Gasteiger partial charge in [0.05, 0.1) is 12.7 Å². The number of amides is 1. The van der Waals surface area contributed by atoms with Crippen molar-refractivity contribution >= 4 is 11.9 Å². The first kappa shape index (κ1) is 13.5. The normalized spacial score (nSPS) is 18.8. The summed E-state index contributed by atoms with van der Waals surface area (Å²) < 4.78 is 18.2. The Hall–Kier alpha value is -1.91. The molecular weight excluding hydrogens is 249 g/mol. The fourth-order valence-corrected chi connectivity index (χ4v) is 2.28. The van der Waals surface area contributed by atoms with Gasteiger partial charge in [0, 0.05) is 19.5 Å². The number of likely N-dealkylation sites (tertiary alicyclic amines) is 1. The summed E-state index contributed by atoms with van der Waals surface area (Å²) in [5.74, 6) is -0.893. The summed E-state index contributed by atoms with van der Waals surface area (Å²) in [5, 5.41) is 0. The van der Waals surface area contributed by atoms with Crippen molar-refractivity contribution in [3.05, 3.63) is 35.1 Å². The number of methoxy groups -OCH3 is 1. The first-order valence-corrected chi connectivity index (χ1v) is 6.15. The molecule has 0 saturated carbocycles. The number of carbonyl (C=O) groups excluding carboxylic acids is 2. The number of hydrogen-bond acceptors (Lipinski definition) is 3. The number of hydrogen-bond donors (Lipinski definition) is 0. The van der Waals surface area contributed by atoms with E-state index in [4.69, 9.17) is 0 Å². The topological polar surface area (TPSA) is 46.6 Å². The highest BCUT2D eigenvalue weighted by atomic mass is 19.1. The molecule has 4 nitrogen and oxygen atoms in total. The number of esters is 1. The van der Waals surface area contributed by atoms with Crippen LogP contribution in [0.4, 0.5) is 4.39 Å². The molecule has 1 fully saturated rings. The van der Waals surface area contributed by atoms with Crippen LogP contribution in [0.2, 0.25) is 0 Å². The Morgan fingerprint density at radius 1 is 1.53 bits per heavy atom. The molecule has 1 heterocycles. The second-order valence-electron chi connectivity index (χ2n) is 4.89. The third-order valence-corrected chi connectivity index (χ3v) is 3.22. The van der Waals surface area contributed by atoms with E-state index < -0.39 is 11.8 Å². The van der Waals surface area contributed by atoms with Gasteiger partial charge in [-0.15, -0.1) is 0 Å². The van der Waals surface area contributed by atoms with E-state index in [0.717, 1.165) is 0 Å². The number of benzene rings is 1. The van der Waals surface area contributed by atoms with Crippen molar-refractivity contribution in [2.24, 2.45) is 5.92 Å². The van der Waals surface area contributed by atoms with E-state index in [2.05, 4.69) is 4.74 Å². The zero-order chi connectivity index (χ0) is 14.0. The zero-order valence-corrected chi connectivity index (χ0v) is 11.0. The number of nitrogens with zero attached hydrogens (tertiary/aromatic N) is 1. The van der Waals surface area contributed by atoms with E-state index in [0.29, 0.717) is 31.0 Å². The highest BCUT2D eigenvalue weighted by Crippen LogP contribution is 2.20. The van der Waals surface area contributed by atoms with E-state index in [1.54, 1.807) is 11.0 Å². The second kappa shape index (κ2) is 5.38. The predicted molar refractivity (Wildman–Crippen MR) is 66.9 cm³/mol. The summed E-state index contributed by atoms with van der Waals surface area (Å²) >= 11 is 0. The highest BCUT2D eigenvalue weighted by molar-refractivity contribution is 5.89. The van der Waals surface area contributed by atoms with Crippen molar-refractivity contribution in [3.8, 4) is 0 Å². The largest absolute Gasteiger partial charge is 0.465 e. The van der Waals surface area contributed by atoms with Gasteiger partial charge in [-0.3, -0.25) is 4.79 Å². The average molecular weight is 265 g/mol. The molecule has 1 aromatic rings. The average Bonchev–Trinajstić information content (AvgIpc) is 2.67. The maximum atomic E-state index is 13.7. The monoisotopic (exact) mass is 265 g/mol. The maximum Gasteiger partial charge on any atom is 0.340 e. The Labute approximate surface area is 111 Å². The molecule has 0 radical (unpaired) electrons. The van der Waals surface area contributed by atoms with Gasteiger partial charge in [0.1, 0.15) is 5.82 Å². The molecule has 0 N–H and O–H groups in total. The minimum atomic E-state index is -0.699. The summed E-state index contributed by atoms with van der Waals surface area (Å²) in [6, 6.07) is 4.31. The number of carbonyl (C=O) groups is 2. The van der Waals surface area contributed by atoms with Gasteiger partial charge < -0.3 is 9.64 Å². The first-order chi connectivity index (χ1) is 9.01. The van der Waals surface area contributed by atoms with Crippen LogP contribution in [0.3, 0.4) is 0 Å². The van der Waals surface area contributed by atoms with Crippen molar-refractivity contribution in [2.75, 3.05) is 13.7 Å². The Kier molecular flexibility index (Phi) is 3.83. The molecule has 5 heteroatoms. The molecule has 0 bridgehead atoms. The summed E-state index contributed by atoms with van der Waals surface area (Å²) in [7, 11) is 1.21. The smallest absolute Gasteiger partial charge is 0.340 e. The second-order valence-corrected chi connectivity index (χ2v) is 4.89. The summed E-state index contributed by atoms with van der Waals surface area (Å²) in [6.07, 6.45) is 0.544. The zero-order valence-electron chi connectivity index (χ0n) is 11.0. The lowest BCUT2D eigenvalue weighted by atomic mass is 10.1. The molecule has 1 aliphatic rings. The van der Waals surface area contributed by atoms with Crippen LogP contribution < -0.4 is 0 Å². The molecule has 0 aromatic heterocycles. The molecule has 1 aromatic carbocycles. The van der Waals surface area contributed by atoms with Crippen molar-refractivity contribution in [3.63, 3.8) is 0 Å². The fourth-order valence-electron chi connectivity index (χ4n) is 2.28. The Morgan fingerprint density at radius 2 is 2.26 bits per heavy atom. The third-order valence-electron chi connectivity index (χ3n) is 3.22. The minimum Gasteiger partial charge on any atom is -0.465 e. The van der Waals surface area contributed by atoms with Crippen molar-refractivity contribution in [1.82, 2.24) is 4.90 Å². The predicted octanol–water partition coefficient (Wildman–Crippen LogP) is 1.98. The van der Waals surface area contributed by atoms with Crippen LogP contribution in [-0.4, -0.2) is 30.4 Å². The van der Waals surface area contributed by atoms with Gasteiger partial charge in [0.25, 0.3) is 0 Å². The van der Waals surface area contributed by atoms with Gasteiger partial charge >= 0.3 is 5.97 Å². The molecule has 102 valence electrons. The van der Waals surface area contributed by atoms with Crippen molar-refractivity contribution in [2.45, 2.75) is 19.9 Å². The molecule has 19 heavy (non-hydrogen) atoms. The lowest BCUT2D eigenvalue weighted by Gasteiger charge is -2.16. The van der Waals surface area contributed by atoms with E-state index in [1.807, 2.05) is 6.92 Å². The van der Waals surface area contributed by atoms with Crippen LogP contribution in [0, 0.1) is 11.7 Å². The van der Waals surface area contributed by atoms with Crippen molar-refractivity contribution in [1.29, 1.82) is 0 Å². The van der Waals surface area contributed by atoms with Gasteiger partial charge in [-0.25, -0.2) is 9.18 Å². The van der Waals surface area contributed by atoms with Gasteiger partial charge in [-0.05, 0) is 23.6 Å². The van der Waals surface area contributed by atoms with E-state index >= 15 is 0 Å². The highest BCUT2D eigenvalue weighted by Gasteiger charge is 2.26. The Balaban J connectivity index is 2.12. The first-order valence-electron chi connectivity index (χ1n) is 6.15. The fraction of sp³-hybridized carbons (Fsp3) is 0.429. The van der Waals surface area contributed by atoms with E-state index in [-0.39, 0.29) is 11.5 Å². The molecule has 1 saturated heterocycles. The number of halogens is 1. The molecule has 1 amide bonds. The van der Waals surface area contributed by atoms with E-state index in [1.165, 1.54) is 19.2 Å². The molecule has 1 aliphatic heterocycles. The minimum absolute atomic E-state index is 0.0879. The number of ether oxygens (including phenoxy) is 1. The Bertz CT molecular complexity index is 515. The standard InChI is InChI=1S/C14H16FNO3/c1-9-5-13(17)16(7-9)8-10-3-4-11(12(15)6-10)14(18)19-2/h3-4,6,9H,5,7-8H2,1-2H3. The molecule has 1 unspecified atom stereocenters. The van der Waals surface area contributed by atoms with Crippen molar-refractivity contribution < 1.29 is 18.7 Å². The van der Waals surface area contributed by atoms with Gasteiger partial charge in [-0.1, -0.05) is 13.0 Å². The van der Waals surface area contributed by atoms with Crippen LogP contribution in [0.5, 0.6) is 0 Å². The van der Waals surface area contributed by atoms with Crippen LogP contribution in [0.25, 0.3) is 0 Å². The van der Waals surface area contributed by atoms with Gasteiger partial charge in [0.2, 0.25) is 5.91 Å². The summed E-state index contributed by atoms with van der Waals surface area (Å²) in [6.45, 7) is 3.08. The summed E-state index contributed by atoms with van der Waals surface area (Å²) in [5.41, 5.74) is 0.583. The van der Waals surface area contributed by atoms with Crippen LogP contribution in [-0.2, 0) is 16.1 Å².